The van der Waals surface area contributed by atoms with Gasteiger partial charge in [-0.3, -0.25) is 4.79 Å². The van der Waals surface area contributed by atoms with Crippen molar-refractivity contribution in [1.29, 1.82) is 0 Å². The Labute approximate surface area is 81.5 Å². The lowest BCUT2D eigenvalue weighted by Crippen LogP contribution is -2.35. The maximum absolute atomic E-state index is 12.6. The van der Waals surface area contributed by atoms with Crippen LogP contribution < -0.4 is 10.6 Å². The lowest BCUT2D eigenvalue weighted by Gasteiger charge is -2.09. The van der Waals surface area contributed by atoms with E-state index in [4.69, 9.17) is 0 Å². The van der Waals surface area contributed by atoms with E-state index in [0.717, 1.165) is 0 Å². The van der Waals surface area contributed by atoms with Crippen molar-refractivity contribution in [3.63, 3.8) is 0 Å². The van der Waals surface area contributed by atoms with Crippen molar-refractivity contribution in [2.45, 2.75) is 13.0 Å². The molecule has 0 saturated carbocycles. The third-order valence-corrected chi connectivity index (χ3v) is 1.79. The Hall–Kier alpha value is -1.49. The molecule has 5 heteroatoms. The van der Waals surface area contributed by atoms with Crippen molar-refractivity contribution in [3.8, 4) is 0 Å². The fraction of sp³-hybridized carbons (Fsp3) is 0.333. The predicted molar refractivity (Wildman–Crippen MR) is 51.3 cm³/mol. The normalized spacial score (nSPS) is 12.2. The first-order valence-electron chi connectivity index (χ1n) is 4.24. The number of hydrogen-bond donors (Lipinski definition) is 2. The van der Waals surface area contributed by atoms with Crippen molar-refractivity contribution < 1.29 is 9.18 Å². The molecular formula is C9H12FN3O. The summed E-state index contributed by atoms with van der Waals surface area (Å²) in [4.78, 5) is 14.8. The molecule has 14 heavy (non-hydrogen) atoms. The Morgan fingerprint density at radius 1 is 1.57 bits per heavy atom. The van der Waals surface area contributed by atoms with Crippen LogP contribution in [-0.2, 0) is 4.79 Å². The van der Waals surface area contributed by atoms with E-state index in [1.54, 1.807) is 14.0 Å². The Morgan fingerprint density at radius 3 is 2.86 bits per heavy atom. The molecule has 1 aromatic heterocycles. The van der Waals surface area contributed by atoms with Gasteiger partial charge in [-0.15, -0.1) is 0 Å². The molecule has 0 saturated heterocycles. The highest BCUT2D eigenvalue weighted by Crippen LogP contribution is 2.03. The van der Waals surface area contributed by atoms with Crippen molar-refractivity contribution in [1.82, 2.24) is 10.3 Å². The molecule has 0 aliphatic rings. The minimum atomic E-state index is -0.611. The number of hydrogen-bond acceptors (Lipinski definition) is 3. The van der Waals surface area contributed by atoms with Gasteiger partial charge in [-0.25, -0.2) is 4.98 Å². The number of carbonyl (C=O) groups excluding carboxylic acids is 1. The molecule has 1 atom stereocenters. The molecule has 2 N–H and O–H groups in total. The van der Waals surface area contributed by atoms with Crippen LogP contribution >= 0.6 is 0 Å². The van der Waals surface area contributed by atoms with Gasteiger partial charge in [-0.2, -0.15) is 4.39 Å². The second kappa shape index (κ2) is 4.66. The number of nitrogens with one attached hydrogen (secondary N) is 2. The molecule has 1 unspecified atom stereocenters. The zero-order valence-electron chi connectivity index (χ0n) is 8.04. The molecule has 1 aromatic rings. The molecule has 1 rings (SSSR count). The number of amides is 1. The van der Waals surface area contributed by atoms with Crippen LogP contribution in [0.15, 0.2) is 18.2 Å². The van der Waals surface area contributed by atoms with E-state index in [-0.39, 0.29) is 17.8 Å². The summed E-state index contributed by atoms with van der Waals surface area (Å²) in [6, 6.07) is 3.91. The SMILES string of the molecule is CNC(C)C(=O)Nc1cccc(F)n1. The zero-order chi connectivity index (χ0) is 10.6. The largest absolute Gasteiger partial charge is 0.309 e. The van der Waals surface area contributed by atoms with Crippen LogP contribution in [-0.4, -0.2) is 24.0 Å². The van der Waals surface area contributed by atoms with E-state index in [0.29, 0.717) is 0 Å². The maximum Gasteiger partial charge on any atom is 0.242 e. The van der Waals surface area contributed by atoms with E-state index >= 15 is 0 Å². The molecule has 1 amide bonds. The number of aromatic nitrogens is 1. The summed E-state index contributed by atoms with van der Waals surface area (Å²) in [7, 11) is 1.67. The second-order valence-electron chi connectivity index (χ2n) is 2.85. The number of likely N-dealkylation sites (N-methyl/N-ethyl adjacent to an activating group) is 1. The molecule has 4 nitrogen and oxygen atoms in total. The topological polar surface area (TPSA) is 54.0 Å². The number of rotatable bonds is 3. The van der Waals surface area contributed by atoms with Gasteiger partial charge < -0.3 is 10.6 Å². The third-order valence-electron chi connectivity index (χ3n) is 1.79. The van der Waals surface area contributed by atoms with Gasteiger partial charge >= 0.3 is 0 Å². The van der Waals surface area contributed by atoms with Crippen LogP contribution in [0.2, 0.25) is 0 Å². The summed E-state index contributed by atoms with van der Waals surface area (Å²) in [5.41, 5.74) is 0. The van der Waals surface area contributed by atoms with E-state index in [1.165, 1.54) is 18.2 Å². The van der Waals surface area contributed by atoms with Crippen molar-refractivity contribution >= 4 is 11.7 Å². The summed E-state index contributed by atoms with van der Waals surface area (Å²) in [6.45, 7) is 1.70. The molecule has 0 radical (unpaired) electrons. The van der Waals surface area contributed by atoms with E-state index in [1.807, 2.05) is 0 Å². The van der Waals surface area contributed by atoms with Crippen molar-refractivity contribution in [3.05, 3.63) is 24.1 Å². The molecule has 0 aromatic carbocycles. The molecule has 76 valence electrons. The summed E-state index contributed by atoms with van der Waals surface area (Å²) < 4.78 is 12.6. The molecule has 1 heterocycles. The highest BCUT2D eigenvalue weighted by Gasteiger charge is 2.10. The Kier molecular flexibility index (Phi) is 3.53. The first-order chi connectivity index (χ1) is 6.63. The average Bonchev–Trinajstić information content (AvgIpc) is 2.16. The van der Waals surface area contributed by atoms with Crippen LogP contribution in [0, 0.1) is 5.95 Å². The molecule has 0 spiro atoms. The third kappa shape index (κ3) is 2.77. The van der Waals surface area contributed by atoms with Gasteiger partial charge in [0.25, 0.3) is 0 Å². The molecule has 0 aliphatic carbocycles. The average molecular weight is 197 g/mol. The van der Waals surface area contributed by atoms with Gasteiger partial charge in [-0.05, 0) is 26.1 Å². The fourth-order valence-corrected chi connectivity index (χ4v) is 0.843. The number of halogens is 1. The lowest BCUT2D eigenvalue weighted by atomic mass is 10.3. The smallest absolute Gasteiger partial charge is 0.242 e. The van der Waals surface area contributed by atoms with Crippen molar-refractivity contribution in [2.24, 2.45) is 0 Å². The van der Waals surface area contributed by atoms with E-state index in [2.05, 4.69) is 15.6 Å². The van der Waals surface area contributed by atoms with Crippen LogP contribution in [0.4, 0.5) is 10.2 Å². The highest BCUT2D eigenvalue weighted by molar-refractivity contribution is 5.93. The van der Waals surface area contributed by atoms with Crippen LogP contribution in [0.5, 0.6) is 0 Å². The molecule has 0 bridgehead atoms. The van der Waals surface area contributed by atoms with Crippen LogP contribution in [0.3, 0.4) is 0 Å². The number of carbonyl (C=O) groups is 1. The van der Waals surface area contributed by atoms with Gasteiger partial charge in [-0.1, -0.05) is 6.07 Å². The zero-order valence-corrected chi connectivity index (χ0v) is 8.04. The number of nitrogens with zero attached hydrogens (tertiary/aromatic N) is 1. The molecule has 0 aliphatic heterocycles. The summed E-state index contributed by atoms with van der Waals surface area (Å²) in [5.74, 6) is -0.636. The minimum Gasteiger partial charge on any atom is -0.309 e. The number of pyridine rings is 1. The summed E-state index contributed by atoms with van der Waals surface area (Å²) in [6.07, 6.45) is 0. The second-order valence-corrected chi connectivity index (χ2v) is 2.85. The first-order valence-corrected chi connectivity index (χ1v) is 4.24. The Morgan fingerprint density at radius 2 is 2.29 bits per heavy atom. The first kappa shape index (κ1) is 10.6. The van der Waals surface area contributed by atoms with E-state index in [9.17, 15) is 9.18 Å². The van der Waals surface area contributed by atoms with Gasteiger partial charge in [0.15, 0.2) is 0 Å². The van der Waals surface area contributed by atoms with Crippen LogP contribution in [0.25, 0.3) is 0 Å². The summed E-state index contributed by atoms with van der Waals surface area (Å²) >= 11 is 0. The van der Waals surface area contributed by atoms with Crippen molar-refractivity contribution in [2.75, 3.05) is 12.4 Å². The molecule has 0 fully saturated rings. The minimum absolute atomic E-state index is 0.220. The van der Waals surface area contributed by atoms with Gasteiger partial charge in [0.1, 0.15) is 5.82 Å². The van der Waals surface area contributed by atoms with Gasteiger partial charge in [0.2, 0.25) is 11.9 Å². The lowest BCUT2D eigenvalue weighted by molar-refractivity contribution is -0.117. The monoisotopic (exact) mass is 197 g/mol. The maximum atomic E-state index is 12.6. The van der Waals surface area contributed by atoms with E-state index < -0.39 is 5.95 Å². The summed E-state index contributed by atoms with van der Waals surface area (Å²) in [5, 5.41) is 5.25. The Bertz CT molecular complexity index is 330. The standard InChI is InChI=1S/C9H12FN3O/c1-6(11-2)9(14)13-8-5-3-4-7(10)12-8/h3-6,11H,1-2H3,(H,12,13,14). The van der Waals surface area contributed by atoms with Gasteiger partial charge in [0, 0.05) is 0 Å². The van der Waals surface area contributed by atoms with Crippen LogP contribution in [0.1, 0.15) is 6.92 Å². The fourth-order valence-electron chi connectivity index (χ4n) is 0.843. The quantitative estimate of drug-likeness (QED) is 0.703. The Balaban J connectivity index is 2.65. The number of anilines is 1. The predicted octanol–water partition coefficient (Wildman–Crippen LogP) is 0.767. The van der Waals surface area contributed by atoms with Gasteiger partial charge in [0.05, 0.1) is 6.04 Å². The molecular weight excluding hydrogens is 185 g/mol. The highest BCUT2D eigenvalue weighted by atomic mass is 19.1.